The van der Waals surface area contributed by atoms with E-state index in [4.69, 9.17) is 4.74 Å². The predicted molar refractivity (Wildman–Crippen MR) is 204 cm³/mol. The van der Waals surface area contributed by atoms with Crippen LogP contribution in [0.3, 0.4) is 0 Å². The number of hydrogen-bond acceptors (Lipinski definition) is 12. The second-order valence-electron chi connectivity index (χ2n) is 15.0. The molecule has 4 aliphatic heterocycles. The third-order valence-corrected chi connectivity index (χ3v) is 12.8. The minimum atomic E-state index is -4.41. The van der Waals surface area contributed by atoms with Crippen molar-refractivity contribution in [2.45, 2.75) is 50.0 Å². The second-order valence-corrected chi connectivity index (χ2v) is 16.7. The van der Waals surface area contributed by atoms with Crippen molar-refractivity contribution < 1.29 is 27.8 Å². The molecule has 0 unspecified atom stereocenters. The molecule has 16 heteroatoms. The maximum atomic E-state index is 13.2. The Morgan fingerprint density at radius 1 is 0.796 bits per heavy atom. The third-order valence-electron chi connectivity index (χ3n) is 11.4. The van der Waals surface area contributed by atoms with Gasteiger partial charge in [0.25, 0.3) is 27.3 Å². The third kappa shape index (κ3) is 8.77. The summed E-state index contributed by atoms with van der Waals surface area (Å²) in [5, 5.41) is 26.6. The van der Waals surface area contributed by atoms with Crippen LogP contribution in [0.4, 0.5) is 28.4 Å². The highest BCUT2D eigenvalue weighted by Gasteiger charge is 2.31. The lowest BCUT2D eigenvalue weighted by molar-refractivity contribution is -0.384. The lowest BCUT2D eigenvalue weighted by Gasteiger charge is -2.37. The first-order valence-electron chi connectivity index (χ1n) is 18.8. The summed E-state index contributed by atoms with van der Waals surface area (Å²) in [6, 6.07) is 15.5. The molecule has 3 aromatic carbocycles. The van der Waals surface area contributed by atoms with Gasteiger partial charge >= 0.3 is 0 Å². The summed E-state index contributed by atoms with van der Waals surface area (Å²) in [6.07, 6.45) is 6.70. The lowest BCUT2D eigenvalue weighted by atomic mass is 9.84. The van der Waals surface area contributed by atoms with Gasteiger partial charge in [-0.2, -0.15) is 0 Å². The van der Waals surface area contributed by atoms with Gasteiger partial charge in [-0.1, -0.05) is 0 Å². The zero-order valence-electron chi connectivity index (χ0n) is 30.2. The van der Waals surface area contributed by atoms with Crippen LogP contribution in [-0.2, 0) is 21.3 Å². The zero-order chi connectivity index (χ0) is 37.8. The molecular formula is C38H47N7O8S. The highest BCUT2D eigenvalue weighted by molar-refractivity contribution is 7.90. The van der Waals surface area contributed by atoms with E-state index in [1.807, 2.05) is 10.8 Å². The van der Waals surface area contributed by atoms with E-state index in [9.17, 15) is 33.4 Å². The monoisotopic (exact) mass is 761 g/mol. The van der Waals surface area contributed by atoms with Gasteiger partial charge in [-0.25, -0.2) is 13.1 Å². The van der Waals surface area contributed by atoms with Gasteiger partial charge in [0.1, 0.15) is 5.69 Å². The van der Waals surface area contributed by atoms with Crippen molar-refractivity contribution in [1.82, 2.24) is 9.62 Å². The minimum Gasteiger partial charge on any atom is -0.381 e. The van der Waals surface area contributed by atoms with Gasteiger partial charge in [0, 0.05) is 101 Å². The predicted octanol–water partition coefficient (Wildman–Crippen LogP) is 5.41. The van der Waals surface area contributed by atoms with Crippen molar-refractivity contribution in [3.05, 3.63) is 92.0 Å². The Labute approximate surface area is 315 Å². The molecule has 0 atom stereocenters. The number of benzene rings is 3. The number of ether oxygens (including phenoxy) is 1. The Balaban J connectivity index is 0.954. The largest absolute Gasteiger partial charge is 0.381 e. The molecule has 54 heavy (non-hydrogen) atoms. The van der Waals surface area contributed by atoms with E-state index in [1.54, 1.807) is 36.4 Å². The van der Waals surface area contributed by atoms with Crippen molar-refractivity contribution in [2.24, 2.45) is 17.8 Å². The fourth-order valence-corrected chi connectivity index (χ4v) is 9.26. The van der Waals surface area contributed by atoms with Gasteiger partial charge in [-0.3, -0.25) is 29.9 Å². The van der Waals surface area contributed by atoms with Crippen molar-refractivity contribution in [1.29, 1.82) is 0 Å². The molecule has 5 fully saturated rings. The van der Waals surface area contributed by atoms with E-state index >= 15 is 0 Å². The molecule has 2 bridgehead atoms. The number of amides is 1. The van der Waals surface area contributed by atoms with E-state index in [1.165, 1.54) is 37.8 Å². The number of nitrogens with one attached hydrogen (secondary N) is 2. The summed E-state index contributed by atoms with van der Waals surface area (Å²) in [4.78, 5) is 42.2. The number of hydrogen-bond donors (Lipinski definition) is 2. The number of carbonyl (C=O) groups is 1. The SMILES string of the molecule is O=C(NS(=O)(=O)c1ccc(NCC2CCOCC2)c([N+](=O)[O-])c1)c1ccc(N2CCN(Cc3cc([N+](=O)[O-])ccc3N3CC4CCC(CC4)C3)CC2)cc1. The van der Waals surface area contributed by atoms with Crippen LogP contribution in [0.25, 0.3) is 0 Å². The number of nitrogens with zero attached hydrogens (tertiary/aromatic N) is 5. The first-order chi connectivity index (χ1) is 26.0. The van der Waals surface area contributed by atoms with Gasteiger partial charge in [-0.15, -0.1) is 0 Å². The van der Waals surface area contributed by atoms with E-state index in [0.29, 0.717) is 57.1 Å². The molecular weight excluding hydrogens is 715 g/mol. The van der Waals surface area contributed by atoms with Crippen molar-refractivity contribution in [3.8, 4) is 0 Å². The van der Waals surface area contributed by atoms with E-state index in [-0.39, 0.29) is 26.8 Å². The Morgan fingerprint density at radius 3 is 2.09 bits per heavy atom. The molecule has 0 spiro atoms. The van der Waals surface area contributed by atoms with Crippen LogP contribution >= 0.6 is 0 Å². The first-order valence-corrected chi connectivity index (χ1v) is 20.3. The summed E-state index contributed by atoms with van der Waals surface area (Å²) < 4.78 is 33.7. The van der Waals surface area contributed by atoms with Crippen molar-refractivity contribution >= 4 is 44.4 Å². The number of sulfonamides is 1. The number of nitro groups is 2. The number of anilines is 3. The summed E-state index contributed by atoms with van der Waals surface area (Å²) in [6.45, 7) is 7.28. The maximum absolute atomic E-state index is 13.2. The number of carbonyl (C=O) groups excluding carboxylic acids is 1. The molecule has 15 nitrogen and oxygen atoms in total. The van der Waals surface area contributed by atoms with Crippen LogP contribution in [0.15, 0.2) is 65.6 Å². The summed E-state index contributed by atoms with van der Waals surface area (Å²) in [7, 11) is -4.41. The zero-order valence-corrected chi connectivity index (χ0v) is 31.0. The molecule has 3 aromatic rings. The van der Waals surface area contributed by atoms with Crippen LogP contribution in [0, 0.1) is 38.0 Å². The van der Waals surface area contributed by atoms with Gasteiger partial charge in [-0.05, 0) is 104 Å². The Morgan fingerprint density at radius 2 is 1.46 bits per heavy atom. The van der Waals surface area contributed by atoms with Crippen LogP contribution in [0.5, 0.6) is 0 Å². The number of nitro benzene ring substituents is 2. The standard InChI is InChI=1S/C38H47N7O8S/c46-38(40-54(51,52)34-10-11-35(37(22-34)45(49)50)39-23-27-13-19-53-20-14-27)30-5-7-32(8-6-30)42-17-15-41(16-18-42)26-31-21-33(44(47)48)9-12-36(31)43-24-28-1-2-29(25-43)4-3-28/h5-12,21-22,27-29,39H,1-4,13-20,23-26H2,(H,40,46). The van der Waals surface area contributed by atoms with Crippen LogP contribution < -0.4 is 19.8 Å². The van der Waals surface area contributed by atoms with Crippen molar-refractivity contribution in [3.63, 3.8) is 0 Å². The van der Waals surface area contributed by atoms with Gasteiger partial charge in [0.2, 0.25) is 0 Å². The fraction of sp³-hybridized carbons (Fsp3) is 0.500. The summed E-state index contributed by atoms with van der Waals surface area (Å²) in [5.74, 6) is 0.797. The highest BCUT2D eigenvalue weighted by Crippen LogP contribution is 2.38. The Kier molecular flexibility index (Phi) is 11.3. The molecule has 2 N–H and O–H groups in total. The van der Waals surface area contributed by atoms with Gasteiger partial charge in [0.05, 0.1) is 14.7 Å². The topological polar surface area (TPSA) is 181 Å². The molecule has 4 heterocycles. The smallest absolute Gasteiger partial charge is 0.293 e. The molecule has 5 aliphatic rings. The average Bonchev–Trinajstić information content (AvgIpc) is 3.52. The number of piperazine rings is 1. The second kappa shape index (κ2) is 16.3. The highest BCUT2D eigenvalue weighted by atomic mass is 32.2. The number of non-ortho nitro benzene ring substituents is 1. The Hall–Kier alpha value is -4.80. The van der Waals surface area contributed by atoms with E-state index in [2.05, 4.69) is 20.0 Å². The summed E-state index contributed by atoms with van der Waals surface area (Å²) in [5.41, 5.74) is 3.02. The molecule has 288 valence electrons. The number of fused-ring (bicyclic) bond motifs is 4. The molecule has 1 aliphatic carbocycles. The molecule has 0 aromatic heterocycles. The maximum Gasteiger partial charge on any atom is 0.293 e. The normalized spacial score (nSPS) is 21.0. The van der Waals surface area contributed by atoms with Gasteiger partial charge < -0.3 is 19.9 Å². The lowest BCUT2D eigenvalue weighted by Crippen LogP contribution is -2.46. The quantitative estimate of drug-likeness (QED) is 0.177. The number of rotatable bonds is 12. The van der Waals surface area contributed by atoms with Crippen LogP contribution in [0.1, 0.15) is 54.4 Å². The molecule has 0 radical (unpaired) electrons. The van der Waals surface area contributed by atoms with Crippen molar-refractivity contribution in [2.75, 3.05) is 74.1 Å². The average molecular weight is 762 g/mol. The Bertz CT molecular complexity index is 1940. The molecule has 1 amide bonds. The van der Waals surface area contributed by atoms with E-state index < -0.39 is 26.5 Å². The van der Waals surface area contributed by atoms with Crippen LogP contribution in [0.2, 0.25) is 0 Å². The minimum absolute atomic E-state index is 0.107. The van der Waals surface area contributed by atoms with Gasteiger partial charge in [0.15, 0.2) is 0 Å². The fourth-order valence-electron chi connectivity index (χ4n) is 8.26. The van der Waals surface area contributed by atoms with E-state index in [0.717, 1.165) is 62.0 Å². The first kappa shape index (κ1) is 37.5. The molecule has 1 saturated carbocycles. The molecule has 4 saturated heterocycles. The van der Waals surface area contributed by atoms with Crippen LogP contribution in [-0.4, -0.2) is 88.1 Å². The summed E-state index contributed by atoms with van der Waals surface area (Å²) >= 11 is 0. The molecule has 8 rings (SSSR count).